The van der Waals surface area contributed by atoms with E-state index in [0.29, 0.717) is 6.54 Å². The Balaban J connectivity index is 2.13. The van der Waals surface area contributed by atoms with Gasteiger partial charge in [-0.1, -0.05) is 12.1 Å². The summed E-state index contributed by atoms with van der Waals surface area (Å²) in [7, 11) is 1.69. The lowest BCUT2D eigenvalue weighted by Crippen LogP contribution is -2.46. The fourth-order valence-electron chi connectivity index (χ4n) is 2.43. The molecule has 0 aromatic heterocycles. The summed E-state index contributed by atoms with van der Waals surface area (Å²) < 4.78 is 18.9. The van der Waals surface area contributed by atoms with Crippen molar-refractivity contribution in [3.8, 4) is 0 Å². The van der Waals surface area contributed by atoms with E-state index in [1.54, 1.807) is 24.1 Å². The zero-order valence-electron chi connectivity index (χ0n) is 10.7. The summed E-state index contributed by atoms with van der Waals surface area (Å²) in [5.41, 5.74) is 0.153. The number of ether oxygens (including phenoxy) is 1. The van der Waals surface area contributed by atoms with E-state index < -0.39 is 5.82 Å². The van der Waals surface area contributed by atoms with Crippen molar-refractivity contribution in [2.75, 3.05) is 13.7 Å². The van der Waals surface area contributed by atoms with Gasteiger partial charge in [0.2, 0.25) is 0 Å². The average Bonchev–Trinajstić information content (AvgIpc) is 2.38. The van der Waals surface area contributed by atoms with Crippen LogP contribution in [0.2, 0.25) is 0 Å². The van der Waals surface area contributed by atoms with Crippen LogP contribution in [0, 0.1) is 5.82 Å². The molecule has 0 aliphatic carbocycles. The van der Waals surface area contributed by atoms with Crippen LogP contribution in [0.25, 0.3) is 0 Å². The van der Waals surface area contributed by atoms with Crippen LogP contribution < -0.4 is 0 Å². The van der Waals surface area contributed by atoms with E-state index in [4.69, 9.17) is 4.74 Å². The summed E-state index contributed by atoms with van der Waals surface area (Å²) in [4.78, 5) is 14.0. The van der Waals surface area contributed by atoms with Crippen molar-refractivity contribution in [3.05, 3.63) is 35.6 Å². The molecule has 0 saturated carbocycles. The van der Waals surface area contributed by atoms with Gasteiger partial charge < -0.3 is 9.64 Å². The molecule has 1 heterocycles. The minimum Gasteiger partial charge on any atom is -0.381 e. The summed E-state index contributed by atoms with van der Waals surface area (Å²) >= 11 is 0. The number of hydrogen-bond donors (Lipinski definition) is 0. The molecule has 1 saturated heterocycles. The molecule has 1 aromatic carbocycles. The second-order valence-electron chi connectivity index (χ2n) is 4.71. The molecule has 3 nitrogen and oxygen atoms in total. The molecule has 1 amide bonds. The molecule has 0 bridgehead atoms. The second kappa shape index (κ2) is 5.48. The number of halogens is 1. The second-order valence-corrected chi connectivity index (χ2v) is 4.71. The van der Waals surface area contributed by atoms with Crippen LogP contribution in [0.3, 0.4) is 0 Å². The largest absolute Gasteiger partial charge is 0.381 e. The van der Waals surface area contributed by atoms with Crippen LogP contribution >= 0.6 is 0 Å². The third-order valence-electron chi connectivity index (χ3n) is 3.53. The van der Waals surface area contributed by atoms with Crippen molar-refractivity contribution in [3.63, 3.8) is 0 Å². The lowest BCUT2D eigenvalue weighted by Gasteiger charge is -2.37. The molecular formula is C14H18FNO2. The van der Waals surface area contributed by atoms with E-state index in [-0.39, 0.29) is 23.6 Å². The number of piperidine rings is 1. The Labute approximate surface area is 107 Å². The molecule has 4 heteroatoms. The van der Waals surface area contributed by atoms with Crippen LogP contribution in [-0.2, 0) is 4.74 Å². The van der Waals surface area contributed by atoms with E-state index in [0.717, 1.165) is 12.8 Å². The summed E-state index contributed by atoms with van der Waals surface area (Å²) in [6.07, 6.45) is 1.81. The first-order chi connectivity index (χ1) is 8.63. The normalized spacial score (nSPS) is 24.1. The lowest BCUT2D eigenvalue weighted by atomic mass is 9.99. The third-order valence-corrected chi connectivity index (χ3v) is 3.53. The van der Waals surface area contributed by atoms with E-state index >= 15 is 0 Å². The number of rotatable bonds is 2. The Hall–Kier alpha value is -1.42. The van der Waals surface area contributed by atoms with Gasteiger partial charge in [0.05, 0.1) is 11.7 Å². The number of benzene rings is 1. The van der Waals surface area contributed by atoms with E-state index in [1.165, 1.54) is 12.1 Å². The first-order valence-corrected chi connectivity index (χ1v) is 6.21. The Morgan fingerprint density at radius 1 is 1.44 bits per heavy atom. The first-order valence-electron chi connectivity index (χ1n) is 6.21. The van der Waals surface area contributed by atoms with Gasteiger partial charge in [0.15, 0.2) is 0 Å². The highest BCUT2D eigenvalue weighted by Crippen LogP contribution is 2.22. The highest BCUT2D eigenvalue weighted by atomic mass is 19.1. The van der Waals surface area contributed by atoms with E-state index in [9.17, 15) is 9.18 Å². The predicted molar refractivity (Wildman–Crippen MR) is 66.9 cm³/mol. The molecule has 18 heavy (non-hydrogen) atoms. The molecule has 2 atom stereocenters. The average molecular weight is 251 g/mol. The highest BCUT2D eigenvalue weighted by molar-refractivity contribution is 5.94. The van der Waals surface area contributed by atoms with Gasteiger partial charge in [-0.15, -0.1) is 0 Å². The number of carbonyl (C=O) groups is 1. The molecular weight excluding hydrogens is 233 g/mol. The van der Waals surface area contributed by atoms with Gasteiger partial charge in [0, 0.05) is 19.7 Å². The van der Waals surface area contributed by atoms with Crippen molar-refractivity contribution >= 4 is 5.91 Å². The maximum atomic E-state index is 13.6. The summed E-state index contributed by atoms with van der Waals surface area (Å²) in [5.74, 6) is -0.682. The third kappa shape index (κ3) is 2.53. The fourth-order valence-corrected chi connectivity index (χ4v) is 2.43. The van der Waals surface area contributed by atoms with Gasteiger partial charge in [-0.3, -0.25) is 4.79 Å². The van der Waals surface area contributed by atoms with Crippen LogP contribution in [0.15, 0.2) is 24.3 Å². The Kier molecular flexibility index (Phi) is 3.97. The molecule has 1 aromatic rings. The Morgan fingerprint density at radius 3 is 2.78 bits per heavy atom. The van der Waals surface area contributed by atoms with Crippen LogP contribution in [-0.4, -0.2) is 36.6 Å². The maximum Gasteiger partial charge on any atom is 0.257 e. The van der Waals surface area contributed by atoms with Crippen LogP contribution in [0.5, 0.6) is 0 Å². The smallest absolute Gasteiger partial charge is 0.257 e. The number of amides is 1. The molecule has 2 unspecified atom stereocenters. The number of methoxy groups -OCH3 is 1. The van der Waals surface area contributed by atoms with Crippen molar-refractivity contribution in [2.24, 2.45) is 0 Å². The minimum absolute atomic E-state index is 0.0795. The topological polar surface area (TPSA) is 29.5 Å². The summed E-state index contributed by atoms with van der Waals surface area (Å²) in [5, 5.41) is 0. The summed E-state index contributed by atoms with van der Waals surface area (Å²) in [6.45, 7) is 2.59. The van der Waals surface area contributed by atoms with Gasteiger partial charge >= 0.3 is 0 Å². The Bertz CT molecular complexity index is 436. The van der Waals surface area contributed by atoms with Gasteiger partial charge in [0.25, 0.3) is 5.91 Å². The summed E-state index contributed by atoms with van der Waals surface area (Å²) in [6, 6.07) is 6.21. The maximum absolute atomic E-state index is 13.6. The van der Waals surface area contributed by atoms with Crippen molar-refractivity contribution < 1.29 is 13.9 Å². The van der Waals surface area contributed by atoms with Crippen molar-refractivity contribution in [1.29, 1.82) is 0 Å². The number of nitrogens with zero attached hydrogens (tertiary/aromatic N) is 1. The van der Waals surface area contributed by atoms with Gasteiger partial charge in [-0.05, 0) is 31.9 Å². The molecule has 1 aliphatic heterocycles. The number of hydrogen-bond acceptors (Lipinski definition) is 2. The molecule has 2 rings (SSSR count). The number of carbonyl (C=O) groups excluding carboxylic acids is 1. The molecule has 0 N–H and O–H groups in total. The predicted octanol–water partition coefficient (Wildman–Crippen LogP) is 2.47. The molecule has 0 spiro atoms. The van der Waals surface area contributed by atoms with Gasteiger partial charge in [-0.25, -0.2) is 4.39 Å². The SMILES string of the molecule is COC1CCN(C(=O)c2ccccc2F)C(C)C1. The van der Waals surface area contributed by atoms with Crippen molar-refractivity contribution in [2.45, 2.75) is 31.9 Å². The Morgan fingerprint density at radius 2 is 2.17 bits per heavy atom. The fraction of sp³-hybridized carbons (Fsp3) is 0.500. The molecule has 98 valence electrons. The first kappa shape index (κ1) is 13.0. The highest BCUT2D eigenvalue weighted by Gasteiger charge is 2.30. The van der Waals surface area contributed by atoms with Crippen LogP contribution in [0.4, 0.5) is 4.39 Å². The van der Waals surface area contributed by atoms with Crippen molar-refractivity contribution in [1.82, 2.24) is 4.90 Å². The monoisotopic (exact) mass is 251 g/mol. The molecule has 1 aliphatic rings. The quantitative estimate of drug-likeness (QED) is 0.808. The molecule has 0 radical (unpaired) electrons. The van der Waals surface area contributed by atoms with Gasteiger partial charge in [0.1, 0.15) is 5.82 Å². The van der Waals surface area contributed by atoms with E-state index in [2.05, 4.69) is 0 Å². The molecule has 1 fully saturated rings. The van der Waals surface area contributed by atoms with Crippen LogP contribution in [0.1, 0.15) is 30.1 Å². The zero-order chi connectivity index (χ0) is 13.1. The minimum atomic E-state index is -0.455. The zero-order valence-corrected chi connectivity index (χ0v) is 10.7. The standard InChI is InChI=1S/C14H18FNO2/c1-10-9-11(18-2)7-8-16(10)14(17)12-5-3-4-6-13(12)15/h3-6,10-11H,7-9H2,1-2H3. The lowest BCUT2D eigenvalue weighted by molar-refractivity contribution is 0.0158. The van der Waals surface area contributed by atoms with Gasteiger partial charge in [-0.2, -0.15) is 0 Å². The van der Waals surface area contributed by atoms with E-state index in [1.807, 2.05) is 6.92 Å². The number of likely N-dealkylation sites (tertiary alicyclic amines) is 1.